The molecule has 0 saturated carbocycles. The molecule has 0 amide bonds. The average molecular weight is 286 g/mol. The molecule has 2 N–H and O–H groups in total. The zero-order valence-corrected chi connectivity index (χ0v) is 13.2. The molecule has 2 aromatic heterocycles. The minimum Gasteiger partial charge on any atom is -0.373 e. The lowest BCUT2D eigenvalue weighted by Crippen LogP contribution is -2.19. The van der Waals surface area contributed by atoms with E-state index >= 15 is 0 Å². The van der Waals surface area contributed by atoms with Crippen molar-refractivity contribution >= 4 is 11.6 Å². The van der Waals surface area contributed by atoms with Gasteiger partial charge < -0.3 is 10.6 Å². The Bertz CT molecular complexity index is 604. The number of nitrogens with zero attached hydrogens (tertiary/aromatic N) is 4. The monoisotopic (exact) mass is 286 g/mol. The summed E-state index contributed by atoms with van der Waals surface area (Å²) in [5.41, 5.74) is 1.76. The fourth-order valence-corrected chi connectivity index (χ4v) is 1.87. The van der Waals surface area contributed by atoms with Crippen molar-refractivity contribution in [1.82, 2.24) is 20.2 Å². The number of rotatable bonds is 4. The second-order valence-electron chi connectivity index (χ2n) is 5.94. The fourth-order valence-electron chi connectivity index (χ4n) is 1.87. The van der Waals surface area contributed by atoms with Gasteiger partial charge in [0.1, 0.15) is 17.5 Å². The van der Waals surface area contributed by atoms with E-state index in [9.17, 15) is 0 Å². The first-order valence-corrected chi connectivity index (χ1v) is 6.99. The highest BCUT2D eigenvalue weighted by atomic mass is 15.1. The maximum absolute atomic E-state index is 4.66. The van der Waals surface area contributed by atoms with E-state index < -0.39 is 0 Å². The predicted molar refractivity (Wildman–Crippen MR) is 84.4 cm³/mol. The van der Waals surface area contributed by atoms with E-state index in [1.807, 2.05) is 26.1 Å². The van der Waals surface area contributed by atoms with Crippen molar-refractivity contribution in [2.24, 2.45) is 0 Å². The minimum atomic E-state index is -0.109. The van der Waals surface area contributed by atoms with Crippen LogP contribution < -0.4 is 10.6 Å². The largest absolute Gasteiger partial charge is 0.373 e. The standard InChI is InChI=1S/C15H22N6/c1-10-12(16-5)19-14(15(2,3)4)20-13(10)17-9-11-7-6-8-18-21-11/h6-8H,9H2,1-5H3,(H2,16,17,19,20). The Labute approximate surface area is 125 Å². The summed E-state index contributed by atoms with van der Waals surface area (Å²) in [7, 11) is 1.87. The summed E-state index contributed by atoms with van der Waals surface area (Å²) >= 11 is 0. The lowest BCUT2D eigenvalue weighted by molar-refractivity contribution is 0.546. The molecule has 0 unspecified atom stereocenters. The first kappa shape index (κ1) is 15.2. The number of aromatic nitrogens is 4. The molecule has 0 atom stereocenters. The van der Waals surface area contributed by atoms with Crippen molar-refractivity contribution in [2.45, 2.75) is 39.7 Å². The third kappa shape index (κ3) is 3.65. The summed E-state index contributed by atoms with van der Waals surface area (Å²) in [6.07, 6.45) is 1.66. The van der Waals surface area contributed by atoms with Gasteiger partial charge in [-0.1, -0.05) is 20.8 Å². The molecule has 21 heavy (non-hydrogen) atoms. The van der Waals surface area contributed by atoms with Gasteiger partial charge in [-0.2, -0.15) is 10.2 Å². The van der Waals surface area contributed by atoms with E-state index in [0.29, 0.717) is 6.54 Å². The molecule has 0 saturated heterocycles. The molecule has 0 bridgehead atoms. The zero-order valence-electron chi connectivity index (χ0n) is 13.2. The van der Waals surface area contributed by atoms with Crippen LogP contribution in [-0.2, 0) is 12.0 Å². The van der Waals surface area contributed by atoms with Crippen LogP contribution in [0.25, 0.3) is 0 Å². The van der Waals surface area contributed by atoms with Crippen molar-refractivity contribution in [3.8, 4) is 0 Å². The van der Waals surface area contributed by atoms with Crippen LogP contribution in [0.15, 0.2) is 18.3 Å². The van der Waals surface area contributed by atoms with Crippen LogP contribution in [0, 0.1) is 6.92 Å². The number of hydrogen-bond donors (Lipinski definition) is 2. The third-order valence-electron chi connectivity index (χ3n) is 3.12. The first-order chi connectivity index (χ1) is 9.91. The number of anilines is 2. The van der Waals surface area contributed by atoms with Crippen molar-refractivity contribution in [2.75, 3.05) is 17.7 Å². The van der Waals surface area contributed by atoms with Crippen molar-refractivity contribution in [3.63, 3.8) is 0 Å². The molecule has 0 aliphatic carbocycles. The normalized spacial score (nSPS) is 11.3. The van der Waals surface area contributed by atoms with Crippen molar-refractivity contribution < 1.29 is 0 Å². The number of nitrogens with one attached hydrogen (secondary N) is 2. The van der Waals surface area contributed by atoms with Gasteiger partial charge in [0.05, 0.1) is 12.2 Å². The van der Waals surface area contributed by atoms with E-state index in [1.54, 1.807) is 6.20 Å². The van der Waals surface area contributed by atoms with E-state index in [1.165, 1.54) is 0 Å². The molecule has 2 aromatic rings. The molecule has 0 spiro atoms. The molecule has 0 fully saturated rings. The molecule has 2 rings (SSSR count). The summed E-state index contributed by atoms with van der Waals surface area (Å²) in [5, 5.41) is 14.4. The quantitative estimate of drug-likeness (QED) is 0.899. The van der Waals surface area contributed by atoms with Crippen molar-refractivity contribution in [1.29, 1.82) is 0 Å². The van der Waals surface area contributed by atoms with Crippen LogP contribution in [0.3, 0.4) is 0 Å². The van der Waals surface area contributed by atoms with Crippen LogP contribution >= 0.6 is 0 Å². The highest BCUT2D eigenvalue weighted by molar-refractivity contribution is 5.57. The zero-order chi connectivity index (χ0) is 15.5. The smallest absolute Gasteiger partial charge is 0.138 e. The molecular weight excluding hydrogens is 264 g/mol. The lowest BCUT2D eigenvalue weighted by Gasteiger charge is -2.20. The Balaban J connectivity index is 2.29. The molecule has 0 aromatic carbocycles. The van der Waals surface area contributed by atoms with Crippen LogP contribution in [0.4, 0.5) is 11.6 Å². The molecule has 0 aliphatic rings. The van der Waals surface area contributed by atoms with Crippen LogP contribution in [0.5, 0.6) is 0 Å². The van der Waals surface area contributed by atoms with Crippen molar-refractivity contribution in [3.05, 3.63) is 35.4 Å². The second kappa shape index (κ2) is 6.03. The average Bonchev–Trinajstić information content (AvgIpc) is 2.46. The van der Waals surface area contributed by atoms with E-state index in [0.717, 1.165) is 28.7 Å². The molecule has 0 radical (unpaired) electrons. The Morgan fingerprint density at radius 1 is 1.14 bits per heavy atom. The second-order valence-corrected chi connectivity index (χ2v) is 5.94. The van der Waals surface area contributed by atoms with Gasteiger partial charge in [0.2, 0.25) is 0 Å². The Morgan fingerprint density at radius 3 is 2.43 bits per heavy atom. The minimum absolute atomic E-state index is 0.109. The highest BCUT2D eigenvalue weighted by Crippen LogP contribution is 2.26. The predicted octanol–water partition coefficient (Wildman–Crippen LogP) is 2.53. The van der Waals surface area contributed by atoms with Gasteiger partial charge in [-0.05, 0) is 19.1 Å². The lowest BCUT2D eigenvalue weighted by atomic mass is 9.95. The van der Waals surface area contributed by atoms with Gasteiger partial charge in [-0.25, -0.2) is 9.97 Å². The maximum Gasteiger partial charge on any atom is 0.138 e. The van der Waals surface area contributed by atoms with Gasteiger partial charge in [-0.15, -0.1) is 0 Å². The van der Waals surface area contributed by atoms with Crippen LogP contribution in [-0.4, -0.2) is 27.2 Å². The first-order valence-electron chi connectivity index (χ1n) is 6.99. The fraction of sp³-hybridized carbons (Fsp3) is 0.467. The molecule has 6 nitrogen and oxygen atoms in total. The molecular formula is C15H22N6. The molecule has 6 heteroatoms. The summed E-state index contributed by atoms with van der Waals surface area (Å²) in [6, 6.07) is 3.80. The molecule has 0 aliphatic heterocycles. The van der Waals surface area contributed by atoms with Gasteiger partial charge in [0.15, 0.2) is 0 Å². The number of hydrogen-bond acceptors (Lipinski definition) is 6. The Hall–Kier alpha value is -2.24. The highest BCUT2D eigenvalue weighted by Gasteiger charge is 2.20. The molecule has 112 valence electrons. The molecule has 2 heterocycles. The van der Waals surface area contributed by atoms with Crippen LogP contribution in [0.1, 0.15) is 37.9 Å². The van der Waals surface area contributed by atoms with Gasteiger partial charge >= 0.3 is 0 Å². The van der Waals surface area contributed by atoms with Gasteiger partial charge in [-0.3, -0.25) is 0 Å². The van der Waals surface area contributed by atoms with Gasteiger partial charge in [0.25, 0.3) is 0 Å². The summed E-state index contributed by atoms with van der Waals surface area (Å²) in [5.74, 6) is 2.47. The maximum atomic E-state index is 4.66. The van der Waals surface area contributed by atoms with Crippen LogP contribution in [0.2, 0.25) is 0 Å². The Morgan fingerprint density at radius 2 is 1.86 bits per heavy atom. The van der Waals surface area contributed by atoms with E-state index in [4.69, 9.17) is 0 Å². The SMILES string of the molecule is CNc1nc(C(C)(C)C)nc(NCc2cccnn2)c1C. The van der Waals surface area contributed by atoms with Gasteiger partial charge in [0, 0.05) is 24.2 Å². The Kier molecular flexibility index (Phi) is 4.35. The van der Waals surface area contributed by atoms with E-state index in [-0.39, 0.29) is 5.41 Å². The summed E-state index contributed by atoms with van der Waals surface area (Å²) in [6.45, 7) is 8.88. The van der Waals surface area contributed by atoms with E-state index in [2.05, 4.69) is 51.6 Å². The third-order valence-corrected chi connectivity index (χ3v) is 3.12. The summed E-state index contributed by atoms with van der Waals surface area (Å²) < 4.78 is 0. The topological polar surface area (TPSA) is 75.6 Å². The summed E-state index contributed by atoms with van der Waals surface area (Å²) in [4.78, 5) is 9.24.